The van der Waals surface area contributed by atoms with Gasteiger partial charge in [0.1, 0.15) is 11.7 Å². The van der Waals surface area contributed by atoms with E-state index in [9.17, 15) is 19.2 Å². The Labute approximate surface area is 192 Å². The lowest BCUT2D eigenvalue weighted by Gasteiger charge is -2.28. The Balaban J connectivity index is 1.40. The monoisotopic (exact) mass is 446 g/mol. The Kier molecular flexibility index (Phi) is 6.37. The normalized spacial score (nSPS) is 18.6. The molecule has 4 rings (SSSR count). The van der Waals surface area contributed by atoms with Crippen LogP contribution >= 0.6 is 0 Å². The SMILES string of the molecule is Cc1cccc(CN(C)Cc2cccc(NC3=CC(=O)N(C4CCC(=O)NC4=O)C3=O)c2)c1. The molecular formula is C25H26N4O4. The number of piperidine rings is 1. The maximum Gasteiger partial charge on any atom is 0.278 e. The van der Waals surface area contributed by atoms with Gasteiger partial charge in [0.15, 0.2) is 0 Å². The molecule has 0 aromatic heterocycles. The molecule has 0 saturated carbocycles. The van der Waals surface area contributed by atoms with Gasteiger partial charge in [-0.15, -0.1) is 0 Å². The van der Waals surface area contributed by atoms with E-state index in [1.165, 1.54) is 17.2 Å². The fourth-order valence-electron chi connectivity index (χ4n) is 4.19. The van der Waals surface area contributed by atoms with Crippen molar-refractivity contribution >= 4 is 29.3 Å². The highest BCUT2D eigenvalue weighted by atomic mass is 16.2. The van der Waals surface area contributed by atoms with Crippen molar-refractivity contribution in [2.24, 2.45) is 0 Å². The van der Waals surface area contributed by atoms with Crippen LogP contribution in [0.25, 0.3) is 0 Å². The van der Waals surface area contributed by atoms with E-state index in [0.29, 0.717) is 12.2 Å². The minimum atomic E-state index is -0.972. The number of rotatable bonds is 7. The van der Waals surface area contributed by atoms with Gasteiger partial charge >= 0.3 is 0 Å². The van der Waals surface area contributed by atoms with Crippen LogP contribution in [0.4, 0.5) is 5.69 Å². The van der Waals surface area contributed by atoms with Crippen molar-refractivity contribution in [3.05, 3.63) is 77.0 Å². The van der Waals surface area contributed by atoms with Crippen molar-refractivity contribution in [3.8, 4) is 0 Å². The van der Waals surface area contributed by atoms with Crippen LogP contribution in [0, 0.1) is 6.92 Å². The summed E-state index contributed by atoms with van der Waals surface area (Å²) in [7, 11) is 2.04. The van der Waals surface area contributed by atoms with Crippen LogP contribution in [-0.4, -0.2) is 46.5 Å². The first-order valence-electron chi connectivity index (χ1n) is 10.8. The van der Waals surface area contributed by atoms with E-state index in [-0.39, 0.29) is 18.5 Å². The summed E-state index contributed by atoms with van der Waals surface area (Å²) in [4.78, 5) is 51.9. The summed E-state index contributed by atoms with van der Waals surface area (Å²) in [5, 5.41) is 5.20. The molecule has 0 bridgehead atoms. The van der Waals surface area contributed by atoms with Crippen LogP contribution < -0.4 is 10.6 Å². The number of nitrogens with one attached hydrogen (secondary N) is 2. The van der Waals surface area contributed by atoms with Gasteiger partial charge in [-0.05, 0) is 43.7 Å². The van der Waals surface area contributed by atoms with Crippen molar-refractivity contribution in [1.29, 1.82) is 0 Å². The van der Waals surface area contributed by atoms with Gasteiger partial charge in [-0.1, -0.05) is 42.0 Å². The van der Waals surface area contributed by atoms with E-state index in [2.05, 4.69) is 46.7 Å². The average molecular weight is 447 g/mol. The Bertz CT molecular complexity index is 1160. The second-order valence-electron chi connectivity index (χ2n) is 8.53. The van der Waals surface area contributed by atoms with Crippen LogP contribution in [0.1, 0.15) is 29.5 Å². The first kappa shape index (κ1) is 22.4. The van der Waals surface area contributed by atoms with Gasteiger partial charge in [0.05, 0.1) is 0 Å². The minimum absolute atomic E-state index is 0.0916. The lowest BCUT2D eigenvalue weighted by molar-refractivity contribution is -0.149. The van der Waals surface area contributed by atoms with E-state index < -0.39 is 29.7 Å². The number of hydrogen-bond donors (Lipinski definition) is 2. The minimum Gasteiger partial charge on any atom is -0.351 e. The van der Waals surface area contributed by atoms with Crippen molar-refractivity contribution in [1.82, 2.24) is 15.1 Å². The third-order valence-corrected chi connectivity index (χ3v) is 5.67. The summed E-state index contributed by atoms with van der Waals surface area (Å²) in [6.45, 7) is 3.58. The van der Waals surface area contributed by atoms with Crippen LogP contribution in [0.2, 0.25) is 0 Å². The Morgan fingerprint density at radius 3 is 2.42 bits per heavy atom. The Hall–Kier alpha value is -3.78. The first-order chi connectivity index (χ1) is 15.8. The standard InChI is InChI=1S/C25H26N4O4/c1-16-5-3-6-17(11-16)14-28(2)15-18-7-4-8-19(12-18)26-20-13-23(31)29(25(20)33)21-9-10-22(30)27-24(21)32/h3-8,11-13,21,26H,9-10,14-15H2,1-2H3,(H,27,30,32). The maximum atomic E-state index is 12.8. The molecule has 33 heavy (non-hydrogen) atoms. The van der Waals surface area contributed by atoms with E-state index in [0.717, 1.165) is 17.0 Å². The van der Waals surface area contributed by atoms with Crippen molar-refractivity contribution in [2.75, 3.05) is 12.4 Å². The molecule has 170 valence electrons. The fraction of sp³-hybridized carbons (Fsp3) is 0.280. The zero-order valence-electron chi connectivity index (χ0n) is 18.6. The van der Waals surface area contributed by atoms with E-state index in [1.54, 1.807) is 0 Å². The number of benzene rings is 2. The largest absolute Gasteiger partial charge is 0.351 e. The molecule has 0 spiro atoms. The highest BCUT2D eigenvalue weighted by Crippen LogP contribution is 2.23. The summed E-state index contributed by atoms with van der Waals surface area (Å²) in [6, 6.07) is 15.1. The number of nitrogens with zero attached hydrogens (tertiary/aromatic N) is 2. The lowest BCUT2D eigenvalue weighted by atomic mass is 10.0. The molecule has 0 radical (unpaired) electrons. The predicted octanol–water partition coefficient (Wildman–Crippen LogP) is 2.10. The molecule has 4 amide bonds. The molecule has 2 aromatic rings. The van der Waals surface area contributed by atoms with E-state index in [1.807, 2.05) is 31.3 Å². The number of amides is 4. The van der Waals surface area contributed by atoms with Gasteiger partial charge in [0, 0.05) is 31.3 Å². The second kappa shape index (κ2) is 9.38. The Morgan fingerprint density at radius 2 is 1.73 bits per heavy atom. The second-order valence-corrected chi connectivity index (χ2v) is 8.53. The van der Waals surface area contributed by atoms with Crippen LogP contribution in [0.3, 0.4) is 0 Å². The highest BCUT2D eigenvalue weighted by molar-refractivity contribution is 6.20. The fourth-order valence-corrected chi connectivity index (χ4v) is 4.19. The number of hydrogen-bond acceptors (Lipinski definition) is 6. The maximum absolute atomic E-state index is 12.8. The molecule has 1 unspecified atom stereocenters. The number of aryl methyl sites for hydroxylation is 1. The van der Waals surface area contributed by atoms with Crippen LogP contribution in [0.15, 0.2) is 60.3 Å². The summed E-state index contributed by atoms with van der Waals surface area (Å²) in [6.07, 6.45) is 1.42. The third kappa shape index (κ3) is 5.18. The first-order valence-corrected chi connectivity index (χ1v) is 10.8. The van der Waals surface area contributed by atoms with E-state index >= 15 is 0 Å². The van der Waals surface area contributed by atoms with Gasteiger partial charge in [0.2, 0.25) is 11.8 Å². The number of carbonyl (C=O) groups is 4. The summed E-state index contributed by atoms with van der Waals surface area (Å²) in [5.41, 5.74) is 4.29. The molecule has 2 N–H and O–H groups in total. The smallest absolute Gasteiger partial charge is 0.278 e. The molecule has 1 fully saturated rings. The van der Waals surface area contributed by atoms with Gasteiger partial charge in [-0.25, -0.2) is 0 Å². The molecule has 2 heterocycles. The number of imide groups is 2. The average Bonchev–Trinajstić information content (AvgIpc) is 3.01. The van der Waals surface area contributed by atoms with Crippen molar-refractivity contribution < 1.29 is 19.2 Å². The van der Waals surface area contributed by atoms with Gasteiger partial charge in [-0.2, -0.15) is 0 Å². The van der Waals surface area contributed by atoms with Gasteiger partial charge in [-0.3, -0.25) is 34.3 Å². The molecule has 8 nitrogen and oxygen atoms in total. The number of carbonyl (C=O) groups excluding carboxylic acids is 4. The topological polar surface area (TPSA) is 98.8 Å². The lowest BCUT2D eigenvalue weighted by Crippen LogP contribution is -2.54. The van der Waals surface area contributed by atoms with Crippen molar-refractivity contribution in [3.63, 3.8) is 0 Å². The van der Waals surface area contributed by atoms with E-state index in [4.69, 9.17) is 0 Å². The molecule has 1 saturated heterocycles. The van der Waals surface area contributed by atoms with Crippen LogP contribution in [-0.2, 0) is 32.3 Å². The molecule has 1 atom stereocenters. The summed E-state index contributed by atoms with van der Waals surface area (Å²) in [5.74, 6) is -2.16. The van der Waals surface area contributed by atoms with Crippen molar-refractivity contribution in [2.45, 2.75) is 38.9 Å². The van der Waals surface area contributed by atoms with Gasteiger partial charge in [0.25, 0.3) is 11.8 Å². The molecule has 2 aliphatic rings. The summed E-state index contributed by atoms with van der Waals surface area (Å²) >= 11 is 0. The van der Waals surface area contributed by atoms with Crippen LogP contribution in [0.5, 0.6) is 0 Å². The third-order valence-electron chi connectivity index (χ3n) is 5.67. The number of anilines is 1. The molecule has 2 aliphatic heterocycles. The predicted molar refractivity (Wildman–Crippen MR) is 123 cm³/mol. The zero-order valence-corrected chi connectivity index (χ0v) is 18.6. The Morgan fingerprint density at radius 1 is 1.03 bits per heavy atom. The molecular weight excluding hydrogens is 420 g/mol. The molecule has 2 aromatic carbocycles. The highest BCUT2D eigenvalue weighted by Gasteiger charge is 2.42. The zero-order chi connectivity index (χ0) is 23.5. The van der Waals surface area contributed by atoms with Gasteiger partial charge < -0.3 is 5.32 Å². The quantitative estimate of drug-likeness (QED) is 0.632. The summed E-state index contributed by atoms with van der Waals surface area (Å²) < 4.78 is 0. The molecule has 0 aliphatic carbocycles. The molecule has 8 heteroatoms.